The van der Waals surface area contributed by atoms with E-state index in [9.17, 15) is 5.11 Å². The van der Waals surface area contributed by atoms with Crippen molar-refractivity contribution < 1.29 is 10.2 Å². The predicted molar refractivity (Wildman–Crippen MR) is 53.6 cm³/mol. The Bertz CT molecular complexity index is 90.5. The van der Waals surface area contributed by atoms with Crippen LogP contribution in [0, 0.1) is 0 Å². The third kappa shape index (κ3) is 5.84. The molecule has 0 aliphatic carbocycles. The summed E-state index contributed by atoms with van der Waals surface area (Å²) in [7, 11) is 0. The summed E-state index contributed by atoms with van der Waals surface area (Å²) in [4.78, 5) is 0. The second kappa shape index (κ2) is 7.28. The molecular formula is C7H16O2S2. The molecule has 0 rings (SSSR count). The van der Waals surface area contributed by atoms with Crippen LogP contribution in [0.5, 0.6) is 0 Å². The standard InChI is InChI=1S/C7H16O2S2/c8-4-1-2-7(11)6(9)3-5-10/h6-11H,1-5H2. The first-order valence-corrected chi connectivity index (χ1v) is 4.95. The molecule has 0 aliphatic heterocycles. The number of hydrogen-bond acceptors (Lipinski definition) is 4. The molecule has 2 nitrogen and oxygen atoms in total. The summed E-state index contributed by atoms with van der Waals surface area (Å²) in [6.07, 6.45) is 1.75. The van der Waals surface area contributed by atoms with Gasteiger partial charge >= 0.3 is 0 Å². The van der Waals surface area contributed by atoms with Gasteiger partial charge in [-0.25, -0.2) is 0 Å². The van der Waals surface area contributed by atoms with E-state index >= 15 is 0 Å². The van der Waals surface area contributed by atoms with Gasteiger partial charge < -0.3 is 10.2 Å². The summed E-state index contributed by atoms with van der Waals surface area (Å²) in [6, 6.07) is 0. The average molecular weight is 196 g/mol. The van der Waals surface area contributed by atoms with E-state index in [1.165, 1.54) is 0 Å². The molecule has 11 heavy (non-hydrogen) atoms. The van der Waals surface area contributed by atoms with Crippen molar-refractivity contribution in [2.45, 2.75) is 30.6 Å². The molecule has 0 aromatic heterocycles. The normalized spacial score (nSPS) is 16.4. The van der Waals surface area contributed by atoms with Gasteiger partial charge in [0.1, 0.15) is 0 Å². The molecule has 0 aromatic carbocycles. The van der Waals surface area contributed by atoms with Crippen LogP contribution in [0.15, 0.2) is 0 Å². The van der Waals surface area contributed by atoms with Crippen molar-refractivity contribution >= 4 is 25.3 Å². The van der Waals surface area contributed by atoms with E-state index in [-0.39, 0.29) is 18.0 Å². The highest BCUT2D eigenvalue weighted by atomic mass is 32.1. The molecule has 0 fully saturated rings. The summed E-state index contributed by atoms with van der Waals surface area (Å²) >= 11 is 8.20. The first-order chi connectivity index (χ1) is 5.22. The number of thiol groups is 2. The highest BCUT2D eigenvalue weighted by molar-refractivity contribution is 7.81. The minimum atomic E-state index is -0.387. The van der Waals surface area contributed by atoms with E-state index < -0.39 is 0 Å². The van der Waals surface area contributed by atoms with Crippen molar-refractivity contribution in [2.24, 2.45) is 0 Å². The fourth-order valence-corrected chi connectivity index (χ4v) is 1.41. The maximum absolute atomic E-state index is 9.34. The summed E-state index contributed by atoms with van der Waals surface area (Å²) in [6.45, 7) is 0.171. The van der Waals surface area contributed by atoms with Crippen molar-refractivity contribution in [3.63, 3.8) is 0 Å². The van der Waals surface area contributed by atoms with Gasteiger partial charge in [0.2, 0.25) is 0 Å². The van der Waals surface area contributed by atoms with Crippen molar-refractivity contribution in [3.8, 4) is 0 Å². The smallest absolute Gasteiger partial charge is 0.0664 e. The van der Waals surface area contributed by atoms with Crippen LogP contribution in [0.2, 0.25) is 0 Å². The largest absolute Gasteiger partial charge is 0.396 e. The number of aliphatic hydroxyl groups is 2. The van der Waals surface area contributed by atoms with Crippen LogP contribution in [0.1, 0.15) is 19.3 Å². The molecule has 0 aromatic rings. The molecule has 0 amide bonds. The Morgan fingerprint density at radius 3 is 2.36 bits per heavy atom. The summed E-state index contributed by atoms with van der Waals surface area (Å²) in [5, 5.41) is 17.8. The highest BCUT2D eigenvalue weighted by Crippen LogP contribution is 2.12. The van der Waals surface area contributed by atoms with E-state index in [1.807, 2.05) is 0 Å². The zero-order chi connectivity index (χ0) is 8.69. The Morgan fingerprint density at radius 2 is 1.91 bits per heavy atom. The zero-order valence-electron chi connectivity index (χ0n) is 6.48. The molecular weight excluding hydrogens is 180 g/mol. The average Bonchev–Trinajstić information content (AvgIpc) is 2.00. The first kappa shape index (κ1) is 11.6. The fourth-order valence-electron chi connectivity index (χ4n) is 0.817. The molecule has 0 aliphatic rings. The van der Waals surface area contributed by atoms with Gasteiger partial charge in [0.05, 0.1) is 6.10 Å². The minimum absolute atomic E-state index is 0.0192. The highest BCUT2D eigenvalue weighted by Gasteiger charge is 2.12. The van der Waals surface area contributed by atoms with E-state index in [2.05, 4.69) is 25.3 Å². The Balaban J connectivity index is 3.38. The number of hydrogen-bond donors (Lipinski definition) is 4. The van der Waals surface area contributed by atoms with Gasteiger partial charge in [-0.05, 0) is 25.0 Å². The Labute approximate surface area is 78.8 Å². The van der Waals surface area contributed by atoms with Crippen LogP contribution in [-0.2, 0) is 0 Å². The molecule has 0 saturated heterocycles. The monoisotopic (exact) mass is 196 g/mol. The molecule has 0 bridgehead atoms. The van der Waals surface area contributed by atoms with E-state index in [0.29, 0.717) is 18.6 Å². The van der Waals surface area contributed by atoms with E-state index in [0.717, 1.165) is 6.42 Å². The lowest BCUT2D eigenvalue weighted by molar-refractivity contribution is 0.161. The SMILES string of the molecule is OCCCC(S)C(O)CCS. The number of aliphatic hydroxyl groups excluding tert-OH is 2. The lowest BCUT2D eigenvalue weighted by Crippen LogP contribution is -2.21. The number of rotatable bonds is 6. The van der Waals surface area contributed by atoms with Crippen LogP contribution in [0.4, 0.5) is 0 Å². The van der Waals surface area contributed by atoms with E-state index in [1.54, 1.807) is 0 Å². The van der Waals surface area contributed by atoms with Crippen molar-refractivity contribution in [1.29, 1.82) is 0 Å². The Hall–Kier alpha value is 0.620. The molecule has 4 heteroatoms. The maximum atomic E-state index is 9.34. The van der Waals surface area contributed by atoms with Crippen LogP contribution < -0.4 is 0 Å². The van der Waals surface area contributed by atoms with Crippen LogP contribution in [0.3, 0.4) is 0 Å². The van der Waals surface area contributed by atoms with Gasteiger partial charge in [-0.1, -0.05) is 0 Å². The minimum Gasteiger partial charge on any atom is -0.396 e. The van der Waals surface area contributed by atoms with Crippen LogP contribution in [0.25, 0.3) is 0 Å². The van der Waals surface area contributed by atoms with Crippen molar-refractivity contribution in [1.82, 2.24) is 0 Å². The van der Waals surface area contributed by atoms with Crippen LogP contribution in [-0.4, -0.2) is 33.9 Å². The summed E-state index contributed by atoms with van der Waals surface area (Å²) in [5.41, 5.74) is 0. The van der Waals surface area contributed by atoms with Crippen molar-refractivity contribution in [3.05, 3.63) is 0 Å². The maximum Gasteiger partial charge on any atom is 0.0664 e. The van der Waals surface area contributed by atoms with Gasteiger partial charge in [0.15, 0.2) is 0 Å². The van der Waals surface area contributed by atoms with Crippen molar-refractivity contribution in [2.75, 3.05) is 12.4 Å². The van der Waals surface area contributed by atoms with E-state index in [4.69, 9.17) is 5.11 Å². The quantitative estimate of drug-likeness (QED) is 0.473. The molecule has 2 atom stereocenters. The topological polar surface area (TPSA) is 40.5 Å². The van der Waals surface area contributed by atoms with Gasteiger partial charge in [-0.2, -0.15) is 25.3 Å². The lowest BCUT2D eigenvalue weighted by Gasteiger charge is -2.16. The van der Waals surface area contributed by atoms with Gasteiger partial charge in [0, 0.05) is 11.9 Å². The molecule has 0 heterocycles. The first-order valence-electron chi connectivity index (χ1n) is 3.80. The molecule has 2 unspecified atom stereocenters. The Morgan fingerprint density at radius 1 is 1.27 bits per heavy atom. The second-order valence-electron chi connectivity index (χ2n) is 2.51. The second-order valence-corrected chi connectivity index (χ2v) is 3.62. The molecule has 68 valence electrons. The molecule has 0 spiro atoms. The third-order valence-corrected chi connectivity index (χ3v) is 2.39. The van der Waals surface area contributed by atoms with Crippen LogP contribution >= 0.6 is 25.3 Å². The third-order valence-electron chi connectivity index (χ3n) is 1.53. The molecule has 0 radical (unpaired) electrons. The van der Waals surface area contributed by atoms with Gasteiger partial charge in [0.25, 0.3) is 0 Å². The Kier molecular flexibility index (Phi) is 7.69. The summed E-state index contributed by atoms with van der Waals surface area (Å²) < 4.78 is 0. The van der Waals surface area contributed by atoms with Gasteiger partial charge in [-0.3, -0.25) is 0 Å². The summed E-state index contributed by atoms with van der Waals surface area (Å²) in [5.74, 6) is 0.678. The van der Waals surface area contributed by atoms with Gasteiger partial charge in [-0.15, -0.1) is 0 Å². The molecule has 2 N–H and O–H groups in total. The lowest BCUT2D eigenvalue weighted by atomic mass is 10.1. The predicted octanol–water partition coefficient (Wildman–Crippen LogP) is 0.738. The molecule has 0 saturated carbocycles. The fraction of sp³-hybridized carbons (Fsp3) is 1.00. The zero-order valence-corrected chi connectivity index (χ0v) is 8.27.